The first kappa shape index (κ1) is 13.4. The van der Waals surface area contributed by atoms with Crippen molar-refractivity contribution in [2.45, 2.75) is 52.1 Å². The number of nitrogens with two attached hydrogens (primary N) is 1. The monoisotopic (exact) mass is 246 g/mol. The lowest BCUT2D eigenvalue weighted by Gasteiger charge is -2.26. The summed E-state index contributed by atoms with van der Waals surface area (Å²) >= 11 is 0. The molecule has 0 aliphatic heterocycles. The molecule has 0 spiro atoms. The van der Waals surface area contributed by atoms with Crippen LogP contribution in [0.1, 0.15) is 51.6 Å². The molecule has 18 heavy (non-hydrogen) atoms. The molecule has 2 heteroatoms. The fraction of sp³-hybridized carbons (Fsp3) is 0.625. The maximum Gasteiger partial charge on any atom is 0.0368 e. The van der Waals surface area contributed by atoms with E-state index >= 15 is 0 Å². The summed E-state index contributed by atoms with van der Waals surface area (Å²) in [7, 11) is 0. The van der Waals surface area contributed by atoms with Gasteiger partial charge in [-0.05, 0) is 49.8 Å². The molecule has 0 aromatic heterocycles. The molecular formula is C16H26N2. The zero-order chi connectivity index (χ0) is 13.1. The van der Waals surface area contributed by atoms with E-state index in [1.165, 1.54) is 37.1 Å². The van der Waals surface area contributed by atoms with E-state index in [9.17, 15) is 0 Å². The summed E-state index contributed by atoms with van der Waals surface area (Å²) in [5.41, 5.74) is 8.48. The van der Waals surface area contributed by atoms with Crippen molar-refractivity contribution in [1.82, 2.24) is 0 Å². The molecule has 2 rings (SSSR count). The minimum Gasteiger partial charge on any atom is -0.369 e. The summed E-state index contributed by atoms with van der Waals surface area (Å²) in [4.78, 5) is 2.57. The largest absolute Gasteiger partial charge is 0.369 e. The van der Waals surface area contributed by atoms with Crippen molar-refractivity contribution < 1.29 is 0 Å². The summed E-state index contributed by atoms with van der Waals surface area (Å²) in [5, 5.41) is 0. The topological polar surface area (TPSA) is 29.3 Å². The van der Waals surface area contributed by atoms with Crippen LogP contribution in [0.5, 0.6) is 0 Å². The molecule has 1 atom stereocenters. The third kappa shape index (κ3) is 3.49. The van der Waals surface area contributed by atoms with Crippen LogP contribution in [0, 0.1) is 5.92 Å². The Bertz CT molecular complexity index is 363. The second-order valence-corrected chi connectivity index (χ2v) is 5.99. The van der Waals surface area contributed by atoms with Crippen LogP contribution in [0.2, 0.25) is 0 Å². The smallest absolute Gasteiger partial charge is 0.0368 e. The summed E-state index contributed by atoms with van der Waals surface area (Å²) in [6.07, 6.45) is 3.98. The number of rotatable bonds is 6. The molecule has 0 amide bonds. The van der Waals surface area contributed by atoms with E-state index in [1.807, 2.05) is 6.92 Å². The van der Waals surface area contributed by atoms with Crippen LogP contribution in [0.3, 0.4) is 0 Å². The van der Waals surface area contributed by atoms with Crippen molar-refractivity contribution in [1.29, 1.82) is 0 Å². The van der Waals surface area contributed by atoms with Gasteiger partial charge in [0, 0.05) is 24.3 Å². The first-order valence-corrected chi connectivity index (χ1v) is 7.20. The Labute approximate surface area is 111 Å². The van der Waals surface area contributed by atoms with Gasteiger partial charge in [0.2, 0.25) is 0 Å². The summed E-state index contributed by atoms with van der Waals surface area (Å²) in [6, 6.07) is 9.72. The number of hydrogen-bond donors (Lipinski definition) is 1. The number of anilines is 1. The molecule has 1 saturated carbocycles. The second-order valence-electron chi connectivity index (χ2n) is 5.99. The van der Waals surface area contributed by atoms with Crippen molar-refractivity contribution in [2.24, 2.45) is 11.7 Å². The quantitative estimate of drug-likeness (QED) is 0.829. The van der Waals surface area contributed by atoms with Crippen molar-refractivity contribution in [3.05, 3.63) is 29.8 Å². The van der Waals surface area contributed by atoms with Crippen LogP contribution >= 0.6 is 0 Å². The van der Waals surface area contributed by atoms with Gasteiger partial charge in [-0.25, -0.2) is 0 Å². The molecule has 2 nitrogen and oxygen atoms in total. The minimum absolute atomic E-state index is 0.129. The van der Waals surface area contributed by atoms with Crippen LogP contribution in [0.15, 0.2) is 24.3 Å². The Balaban J connectivity index is 2.05. The normalized spacial score (nSPS) is 16.9. The van der Waals surface area contributed by atoms with Gasteiger partial charge in [0.1, 0.15) is 0 Å². The van der Waals surface area contributed by atoms with Crippen LogP contribution < -0.4 is 10.6 Å². The molecule has 1 aromatic rings. The molecule has 0 saturated heterocycles. The molecule has 1 fully saturated rings. The molecule has 0 bridgehead atoms. The summed E-state index contributed by atoms with van der Waals surface area (Å²) in [6.45, 7) is 7.81. The highest BCUT2D eigenvalue weighted by Crippen LogP contribution is 2.32. The van der Waals surface area contributed by atoms with Crippen LogP contribution in [-0.2, 0) is 0 Å². The Morgan fingerprint density at radius 3 is 2.22 bits per heavy atom. The fourth-order valence-corrected chi connectivity index (χ4v) is 2.28. The van der Waals surface area contributed by atoms with Gasteiger partial charge in [0.15, 0.2) is 0 Å². The predicted octanol–water partition coefficient (Wildman–Crippen LogP) is 3.72. The highest BCUT2D eigenvalue weighted by molar-refractivity contribution is 5.50. The Kier molecular flexibility index (Phi) is 4.28. The SMILES string of the molecule is CC(C)CCN(c1ccc([C@@H](C)N)cc1)C1CC1. The van der Waals surface area contributed by atoms with E-state index in [2.05, 4.69) is 43.0 Å². The Morgan fingerprint density at radius 1 is 1.17 bits per heavy atom. The van der Waals surface area contributed by atoms with Crippen LogP contribution in [0.4, 0.5) is 5.69 Å². The number of nitrogens with zero attached hydrogens (tertiary/aromatic N) is 1. The molecule has 100 valence electrons. The van der Waals surface area contributed by atoms with Crippen LogP contribution in [-0.4, -0.2) is 12.6 Å². The van der Waals surface area contributed by atoms with Crippen molar-refractivity contribution in [2.75, 3.05) is 11.4 Å². The van der Waals surface area contributed by atoms with Crippen molar-refractivity contribution in [3.8, 4) is 0 Å². The highest BCUT2D eigenvalue weighted by atomic mass is 15.2. The van der Waals surface area contributed by atoms with E-state index < -0.39 is 0 Å². The minimum atomic E-state index is 0.129. The zero-order valence-electron chi connectivity index (χ0n) is 11.9. The molecule has 0 radical (unpaired) electrons. The third-order valence-corrected chi connectivity index (χ3v) is 3.69. The van der Waals surface area contributed by atoms with Gasteiger partial charge in [-0.3, -0.25) is 0 Å². The molecule has 1 aromatic carbocycles. The zero-order valence-corrected chi connectivity index (χ0v) is 11.9. The fourth-order valence-electron chi connectivity index (χ4n) is 2.28. The lowest BCUT2D eigenvalue weighted by Crippen LogP contribution is -2.27. The van der Waals surface area contributed by atoms with E-state index in [0.29, 0.717) is 0 Å². The molecular weight excluding hydrogens is 220 g/mol. The summed E-state index contributed by atoms with van der Waals surface area (Å²) in [5.74, 6) is 0.773. The first-order chi connectivity index (χ1) is 8.58. The maximum absolute atomic E-state index is 5.90. The van der Waals surface area contributed by atoms with Gasteiger partial charge in [0.05, 0.1) is 0 Å². The van der Waals surface area contributed by atoms with Gasteiger partial charge < -0.3 is 10.6 Å². The van der Waals surface area contributed by atoms with Gasteiger partial charge in [-0.1, -0.05) is 26.0 Å². The lowest BCUT2D eigenvalue weighted by atomic mass is 10.1. The molecule has 2 N–H and O–H groups in total. The van der Waals surface area contributed by atoms with E-state index in [4.69, 9.17) is 5.73 Å². The van der Waals surface area contributed by atoms with Gasteiger partial charge in [0.25, 0.3) is 0 Å². The molecule has 1 aliphatic rings. The average molecular weight is 246 g/mol. The second kappa shape index (κ2) is 5.75. The Morgan fingerprint density at radius 2 is 1.78 bits per heavy atom. The standard InChI is InChI=1S/C16H26N2/c1-12(2)10-11-18(16-8-9-16)15-6-4-14(5-7-15)13(3)17/h4-7,12-13,16H,8-11,17H2,1-3H3/t13-/m1/s1. The number of hydrogen-bond acceptors (Lipinski definition) is 2. The van der Waals surface area contributed by atoms with Gasteiger partial charge >= 0.3 is 0 Å². The van der Waals surface area contributed by atoms with Crippen LogP contribution in [0.25, 0.3) is 0 Å². The average Bonchev–Trinajstić information content (AvgIpc) is 3.14. The molecule has 0 unspecified atom stereocenters. The summed E-state index contributed by atoms with van der Waals surface area (Å²) < 4.78 is 0. The van der Waals surface area contributed by atoms with E-state index in [0.717, 1.165) is 12.0 Å². The van der Waals surface area contributed by atoms with Crippen molar-refractivity contribution >= 4 is 5.69 Å². The van der Waals surface area contributed by atoms with Gasteiger partial charge in [-0.2, -0.15) is 0 Å². The molecule has 1 aliphatic carbocycles. The maximum atomic E-state index is 5.90. The molecule has 0 heterocycles. The third-order valence-electron chi connectivity index (χ3n) is 3.69. The van der Waals surface area contributed by atoms with Crippen molar-refractivity contribution in [3.63, 3.8) is 0 Å². The van der Waals surface area contributed by atoms with E-state index in [-0.39, 0.29) is 6.04 Å². The first-order valence-electron chi connectivity index (χ1n) is 7.20. The Hall–Kier alpha value is -1.02. The lowest BCUT2D eigenvalue weighted by molar-refractivity contribution is 0.570. The van der Waals surface area contributed by atoms with Gasteiger partial charge in [-0.15, -0.1) is 0 Å². The number of benzene rings is 1. The highest BCUT2D eigenvalue weighted by Gasteiger charge is 2.28. The predicted molar refractivity (Wildman–Crippen MR) is 78.9 cm³/mol. The van der Waals surface area contributed by atoms with E-state index in [1.54, 1.807) is 0 Å².